The molecule has 0 aromatic heterocycles. The second-order valence-electron chi connectivity index (χ2n) is 7.81. The van der Waals surface area contributed by atoms with Crippen molar-refractivity contribution in [2.45, 2.75) is 46.0 Å². The first-order valence-corrected chi connectivity index (χ1v) is 9.81. The third-order valence-corrected chi connectivity index (χ3v) is 5.78. The van der Waals surface area contributed by atoms with E-state index in [1.54, 1.807) is 13.8 Å². The van der Waals surface area contributed by atoms with Crippen molar-refractivity contribution in [3.05, 3.63) is 39.8 Å². The third kappa shape index (κ3) is 2.99. The second-order valence-corrected chi connectivity index (χ2v) is 7.81. The van der Waals surface area contributed by atoms with E-state index in [2.05, 4.69) is 5.32 Å². The smallest absolute Gasteiger partial charge is 0.194 e. The van der Waals surface area contributed by atoms with Gasteiger partial charge in [-0.25, -0.2) is 0 Å². The summed E-state index contributed by atoms with van der Waals surface area (Å²) in [5, 5.41) is 24.2. The molecule has 0 bridgehead atoms. The number of ether oxygens (including phenoxy) is 1. The minimum Gasteiger partial charge on any atom is -0.507 e. The number of benzene rings is 1. The lowest BCUT2D eigenvalue weighted by molar-refractivity contribution is -0.123. The highest BCUT2D eigenvalue weighted by Gasteiger charge is 2.56. The maximum absolute atomic E-state index is 13.5. The van der Waals surface area contributed by atoms with Crippen molar-refractivity contribution in [1.82, 2.24) is 5.32 Å². The van der Waals surface area contributed by atoms with Gasteiger partial charge in [0.25, 0.3) is 0 Å². The first kappa shape index (κ1) is 21.6. The molecule has 0 saturated heterocycles. The van der Waals surface area contributed by atoms with Crippen molar-refractivity contribution in [3.8, 4) is 17.2 Å². The molecule has 1 aliphatic carbocycles. The number of fused-ring (bicyclic) bond motifs is 3. The van der Waals surface area contributed by atoms with E-state index in [-0.39, 0.29) is 39.5 Å². The highest BCUT2D eigenvalue weighted by molar-refractivity contribution is 6.31. The molecule has 1 aromatic rings. The molecule has 8 nitrogen and oxygen atoms in total. The van der Waals surface area contributed by atoms with Crippen molar-refractivity contribution in [2.24, 2.45) is 5.73 Å². The maximum atomic E-state index is 13.5. The molecule has 3 rings (SSSR count). The van der Waals surface area contributed by atoms with Crippen LogP contribution in [0.3, 0.4) is 0 Å². The summed E-state index contributed by atoms with van der Waals surface area (Å²) in [5.74, 6) is -2.36. The van der Waals surface area contributed by atoms with Crippen LogP contribution in [0.2, 0.25) is 0 Å². The van der Waals surface area contributed by atoms with Crippen molar-refractivity contribution >= 4 is 17.3 Å². The Hall–Kier alpha value is -3.13. The number of Topliss-reactive ketones (excluding diaryl/α,β-unsaturated/α-hetero) is 2. The normalized spacial score (nSPS) is 21.6. The number of hydrogen-bond acceptors (Lipinski definition) is 8. The average Bonchev–Trinajstić information content (AvgIpc) is 2.96. The summed E-state index contributed by atoms with van der Waals surface area (Å²) < 4.78 is 5.73. The van der Waals surface area contributed by atoms with E-state index in [0.29, 0.717) is 18.8 Å². The Balaban J connectivity index is 2.18. The second kappa shape index (κ2) is 7.60. The monoisotopic (exact) mass is 414 g/mol. The van der Waals surface area contributed by atoms with Crippen LogP contribution in [0.25, 0.3) is 0 Å². The number of hydrogen-bond donors (Lipinski definition) is 4. The zero-order chi connectivity index (χ0) is 22.4. The lowest BCUT2D eigenvalue weighted by Crippen LogP contribution is -2.41. The molecule has 5 N–H and O–H groups in total. The van der Waals surface area contributed by atoms with Gasteiger partial charge in [-0.2, -0.15) is 0 Å². The molecule has 0 saturated carbocycles. The molecule has 30 heavy (non-hydrogen) atoms. The van der Waals surface area contributed by atoms with Gasteiger partial charge in [0, 0.05) is 23.9 Å². The fraction of sp³-hybridized carbons (Fsp3) is 0.409. The Morgan fingerprint density at radius 3 is 2.47 bits per heavy atom. The number of aromatic hydroxyl groups is 2. The van der Waals surface area contributed by atoms with Gasteiger partial charge < -0.3 is 26.0 Å². The van der Waals surface area contributed by atoms with Gasteiger partial charge in [0.15, 0.2) is 17.3 Å². The van der Waals surface area contributed by atoms with E-state index in [0.717, 1.165) is 12.8 Å². The number of carbonyl (C=O) groups excluding carboxylic acids is 3. The lowest BCUT2D eigenvalue weighted by atomic mass is 9.70. The van der Waals surface area contributed by atoms with E-state index in [9.17, 15) is 24.6 Å². The summed E-state index contributed by atoms with van der Waals surface area (Å²) >= 11 is 0. The molecular formula is C22H26N2O6. The zero-order valence-corrected chi connectivity index (χ0v) is 17.5. The summed E-state index contributed by atoms with van der Waals surface area (Å²) in [4.78, 5) is 38.4. The molecular weight excluding hydrogens is 388 g/mol. The first-order valence-electron chi connectivity index (χ1n) is 9.81. The van der Waals surface area contributed by atoms with Crippen LogP contribution in [-0.2, 0) is 15.0 Å². The SMILES string of the molecule is CC(=O)c1c(O)c(C)c(O)c2c1OC1=CC(=O)/C(=C(/C)NCCCCN)C(=O)[C@@]12C. The molecule has 0 radical (unpaired) electrons. The molecule has 1 atom stereocenters. The Bertz CT molecular complexity index is 1040. The number of ketones is 3. The lowest BCUT2D eigenvalue weighted by Gasteiger charge is -2.29. The first-order chi connectivity index (χ1) is 14.1. The van der Waals surface area contributed by atoms with Gasteiger partial charge in [-0.15, -0.1) is 0 Å². The van der Waals surface area contributed by atoms with Crippen LogP contribution in [-0.4, -0.2) is 40.7 Å². The van der Waals surface area contributed by atoms with E-state index < -0.39 is 28.5 Å². The van der Waals surface area contributed by atoms with E-state index in [4.69, 9.17) is 10.5 Å². The molecule has 1 aliphatic heterocycles. The summed E-state index contributed by atoms with van der Waals surface area (Å²) in [6.07, 6.45) is 2.80. The highest BCUT2D eigenvalue weighted by Crippen LogP contribution is 2.57. The van der Waals surface area contributed by atoms with Gasteiger partial charge >= 0.3 is 0 Å². The maximum Gasteiger partial charge on any atom is 0.194 e. The number of nitrogens with two attached hydrogens (primary N) is 1. The van der Waals surface area contributed by atoms with Crippen LogP contribution in [0.15, 0.2) is 23.1 Å². The van der Waals surface area contributed by atoms with Gasteiger partial charge in [0.2, 0.25) is 0 Å². The average molecular weight is 414 g/mol. The summed E-state index contributed by atoms with van der Waals surface area (Å²) in [5.41, 5.74) is 4.42. The molecule has 2 aliphatic rings. The third-order valence-electron chi connectivity index (χ3n) is 5.78. The van der Waals surface area contributed by atoms with Gasteiger partial charge in [0.1, 0.15) is 34.0 Å². The quantitative estimate of drug-likeness (QED) is 0.240. The number of allylic oxidation sites excluding steroid dienone is 4. The number of phenols is 2. The fourth-order valence-electron chi connectivity index (χ4n) is 4.00. The predicted octanol–water partition coefficient (Wildman–Crippen LogP) is 1.90. The van der Waals surface area contributed by atoms with Crippen LogP contribution in [0.4, 0.5) is 0 Å². The van der Waals surface area contributed by atoms with Gasteiger partial charge in [0.05, 0.1) is 11.1 Å². The van der Waals surface area contributed by atoms with Crippen molar-refractivity contribution in [3.63, 3.8) is 0 Å². The Morgan fingerprint density at radius 1 is 1.20 bits per heavy atom. The molecule has 0 amide bonds. The molecule has 0 spiro atoms. The van der Waals surface area contributed by atoms with E-state index in [1.165, 1.54) is 19.9 Å². The topological polar surface area (TPSA) is 139 Å². The van der Waals surface area contributed by atoms with Crippen molar-refractivity contribution < 1.29 is 29.3 Å². The van der Waals surface area contributed by atoms with Crippen LogP contribution < -0.4 is 15.8 Å². The van der Waals surface area contributed by atoms with Crippen LogP contribution in [0.1, 0.15) is 55.1 Å². The van der Waals surface area contributed by atoms with E-state index in [1.807, 2.05) is 0 Å². The minimum absolute atomic E-state index is 0.0231. The summed E-state index contributed by atoms with van der Waals surface area (Å²) in [6.45, 7) is 7.00. The number of nitrogens with one attached hydrogen (secondary N) is 1. The number of unbranched alkanes of at least 4 members (excludes halogenated alkanes) is 1. The number of phenolic OH excluding ortho intramolecular Hbond substituents is 2. The Labute approximate surface area is 174 Å². The van der Waals surface area contributed by atoms with Crippen LogP contribution >= 0.6 is 0 Å². The predicted molar refractivity (Wildman–Crippen MR) is 110 cm³/mol. The fourth-order valence-corrected chi connectivity index (χ4v) is 4.00. The highest BCUT2D eigenvalue weighted by atomic mass is 16.5. The van der Waals surface area contributed by atoms with Gasteiger partial charge in [-0.1, -0.05) is 0 Å². The molecule has 8 heteroatoms. The number of carbonyl (C=O) groups is 3. The van der Waals surface area contributed by atoms with Gasteiger partial charge in [-0.05, 0) is 47.1 Å². The molecule has 0 fully saturated rings. The van der Waals surface area contributed by atoms with Gasteiger partial charge in [-0.3, -0.25) is 14.4 Å². The zero-order valence-electron chi connectivity index (χ0n) is 17.5. The Morgan fingerprint density at radius 2 is 1.87 bits per heavy atom. The Kier molecular flexibility index (Phi) is 5.47. The van der Waals surface area contributed by atoms with Crippen LogP contribution in [0.5, 0.6) is 17.2 Å². The minimum atomic E-state index is -1.49. The number of rotatable bonds is 6. The largest absolute Gasteiger partial charge is 0.507 e. The standard InChI is InChI=1S/C22H26N2O6/c1-10-18(27)16(12(3)25)20-17(19(10)28)22(4)14(30-20)9-13(26)15(21(22)29)11(2)24-8-6-5-7-23/h9,24,27-28H,5-8,23H2,1-4H3/b15-11+/t22-/m0/s1. The van der Waals surface area contributed by atoms with E-state index >= 15 is 0 Å². The van der Waals surface area contributed by atoms with Crippen molar-refractivity contribution in [1.29, 1.82) is 0 Å². The van der Waals surface area contributed by atoms with Crippen molar-refractivity contribution in [2.75, 3.05) is 13.1 Å². The molecule has 1 heterocycles. The molecule has 0 unspecified atom stereocenters. The van der Waals surface area contributed by atoms with Crippen LogP contribution in [0, 0.1) is 6.92 Å². The molecule has 160 valence electrons. The summed E-state index contributed by atoms with van der Waals surface area (Å²) in [6, 6.07) is 0. The molecule has 1 aromatic carbocycles. The summed E-state index contributed by atoms with van der Waals surface area (Å²) in [7, 11) is 0.